The van der Waals surface area contributed by atoms with Gasteiger partial charge in [-0.1, -0.05) is 19.1 Å². The summed E-state index contributed by atoms with van der Waals surface area (Å²) in [5, 5.41) is 0. The van der Waals surface area contributed by atoms with E-state index in [0.29, 0.717) is 0 Å². The Bertz CT molecular complexity index is 786. The molecule has 3 aliphatic rings. The van der Waals surface area contributed by atoms with Gasteiger partial charge in [-0.05, 0) is 72.1 Å². The molecular formula is C22H26O3. The summed E-state index contributed by atoms with van der Waals surface area (Å²) in [7, 11) is 1.73. The zero-order chi connectivity index (χ0) is 17.6. The van der Waals surface area contributed by atoms with Gasteiger partial charge in [0.15, 0.2) is 0 Å². The molecule has 0 saturated heterocycles. The smallest absolute Gasteiger partial charge is 0.302 e. The summed E-state index contributed by atoms with van der Waals surface area (Å²) < 4.78 is 11.1. The first kappa shape index (κ1) is 16.4. The SMILES string of the molecule is CC[C@]12CCC3=C(CCc4cc(OC)ccc43)C1=CC[C@@H]2OC(C)=O. The molecule has 2 atom stereocenters. The third-order valence-electron chi connectivity index (χ3n) is 6.42. The lowest BCUT2D eigenvalue weighted by Gasteiger charge is -2.43. The van der Waals surface area contributed by atoms with Gasteiger partial charge in [0.05, 0.1) is 7.11 Å². The van der Waals surface area contributed by atoms with Gasteiger partial charge in [0.1, 0.15) is 11.9 Å². The van der Waals surface area contributed by atoms with Crippen LogP contribution in [0.25, 0.3) is 5.57 Å². The zero-order valence-corrected chi connectivity index (χ0v) is 15.4. The molecule has 25 heavy (non-hydrogen) atoms. The molecule has 132 valence electrons. The van der Waals surface area contributed by atoms with E-state index in [0.717, 1.165) is 44.3 Å². The maximum Gasteiger partial charge on any atom is 0.302 e. The molecule has 0 bridgehead atoms. The minimum Gasteiger partial charge on any atom is -0.497 e. The van der Waals surface area contributed by atoms with E-state index in [2.05, 4.69) is 31.2 Å². The Morgan fingerprint density at radius 2 is 2.08 bits per heavy atom. The quantitative estimate of drug-likeness (QED) is 0.739. The van der Waals surface area contributed by atoms with E-state index in [1.165, 1.54) is 34.8 Å². The summed E-state index contributed by atoms with van der Waals surface area (Å²) in [5.74, 6) is 0.782. The molecule has 1 aromatic rings. The lowest BCUT2D eigenvalue weighted by atomic mass is 9.63. The van der Waals surface area contributed by atoms with E-state index in [1.54, 1.807) is 7.11 Å². The number of rotatable bonds is 3. The highest BCUT2D eigenvalue weighted by Gasteiger charge is 2.49. The number of benzene rings is 1. The van der Waals surface area contributed by atoms with Gasteiger partial charge in [-0.25, -0.2) is 0 Å². The Morgan fingerprint density at radius 1 is 1.24 bits per heavy atom. The lowest BCUT2D eigenvalue weighted by molar-refractivity contribution is -0.151. The van der Waals surface area contributed by atoms with Crippen LogP contribution in [0.2, 0.25) is 0 Å². The van der Waals surface area contributed by atoms with Crippen LogP contribution in [0.4, 0.5) is 0 Å². The van der Waals surface area contributed by atoms with Crippen molar-refractivity contribution in [2.75, 3.05) is 7.11 Å². The number of hydrogen-bond acceptors (Lipinski definition) is 3. The van der Waals surface area contributed by atoms with Crippen molar-refractivity contribution in [2.24, 2.45) is 5.41 Å². The average molecular weight is 338 g/mol. The van der Waals surface area contributed by atoms with Gasteiger partial charge in [0.2, 0.25) is 0 Å². The highest BCUT2D eigenvalue weighted by molar-refractivity contribution is 5.79. The molecule has 0 radical (unpaired) electrons. The number of esters is 1. The second-order valence-electron chi connectivity index (χ2n) is 7.44. The summed E-state index contributed by atoms with van der Waals surface area (Å²) in [6.07, 6.45) is 8.51. The van der Waals surface area contributed by atoms with Crippen LogP contribution in [0.1, 0.15) is 57.1 Å². The van der Waals surface area contributed by atoms with Gasteiger partial charge in [-0.2, -0.15) is 0 Å². The number of methoxy groups -OCH3 is 1. The third-order valence-corrected chi connectivity index (χ3v) is 6.42. The molecule has 0 unspecified atom stereocenters. The molecule has 0 amide bonds. The van der Waals surface area contributed by atoms with Gasteiger partial charge in [-0.3, -0.25) is 4.79 Å². The Labute approximate surface area is 149 Å². The number of allylic oxidation sites excluding steroid dienone is 2. The second kappa shape index (κ2) is 6.05. The van der Waals surface area contributed by atoms with Gasteiger partial charge >= 0.3 is 5.97 Å². The van der Waals surface area contributed by atoms with Crippen LogP contribution < -0.4 is 4.74 Å². The first-order chi connectivity index (χ1) is 12.1. The molecule has 3 aliphatic carbocycles. The Morgan fingerprint density at radius 3 is 2.80 bits per heavy atom. The molecule has 0 aromatic heterocycles. The van der Waals surface area contributed by atoms with E-state index >= 15 is 0 Å². The van der Waals surface area contributed by atoms with Crippen molar-refractivity contribution in [3.05, 3.63) is 46.5 Å². The first-order valence-corrected chi connectivity index (χ1v) is 9.36. The maximum atomic E-state index is 11.6. The van der Waals surface area contributed by atoms with Gasteiger partial charge < -0.3 is 9.47 Å². The largest absolute Gasteiger partial charge is 0.497 e. The lowest BCUT2D eigenvalue weighted by Crippen LogP contribution is -2.38. The first-order valence-electron chi connectivity index (χ1n) is 9.36. The minimum absolute atomic E-state index is 0.0105. The summed E-state index contributed by atoms with van der Waals surface area (Å²) in [6, 6.07) is 6.48. The van der Waals surface area contributed by atoms with Crippen LogP contribution in [-0.4, -0.2) is 19.2 Å². The summed E-state index contributed by atoms with van der Waals surface area (Å²) in [4.78, 5) is 11.6. The fraction of sp³-hybridized carbons (Fsp3) is 0.500. The fourth-order valence-corrected chi connectivity index (χ4v) is 5.20. The topological polar surface area (TPSA) is 35.5 Å². The molecule has 3 heteroatoms. The van der Waals surface area contributed by atoms with Crippen molar-refractivity contribution in [1.29, 1.82) is 0 Å². The third kappa shape index (κ3) is 2.44. The minimum atomic E-state index is -0.159. The fourth-order valence-electron chi connectivity index (χ4n) is 5.20. The molecular weight excluding hydrogens is 312 g/mol. The van der Waals surface area contributed by atoms with Crippen LogP contribution >= 0.6 is 0 Å². The monoisotopic (exact) mass is 338 g/mol. The van der Waals surface area contributed by atoms with Crippen LogP contribution in [0.5, 0.6) is 5.75 Å². The molecule has 0 heterocycles. The number of carbonyl (C=O) groups is 1. The van der Waals surface area contributed by atoms with Crippen molar-refractivity contribution in [3.8, 4) is 5.75 Å². The Kier molecular flexibility index (Phi) is 3.98. The number of aryl methyl sites for hydroxylation is 1. The van der Waals surface area contributed by atoms with Gasteiger partial charge in [0.25, 0.3) is 0 Å². The van der Waals surface area contributed by atoms with Crippen LogP contribution in [0, 0.1) is 5.41 Å². The van der Waals surface area contributed by atoms with Gasteiger partial charge in [0, 0.05) is 18.8 Å². The number of hydrogen-bond donors (Lipinski definition) is 0. The summed E-state index contributed by atoms with van der Waals surface area (Å²) in [6.45, 7) is 3.77. The van der Waals surface area contributed by atoms with E-state index in [-0.39, 0.29) is 17.5 Å². The van der Waals surface area contributed by atoms with Crippen molar-refractivity contribution in [3.63, 3.8) is 0 Å². The highest BCUT2D eigenvalue weighted by atomic mass is 16.5. The zero-order valence-electron chi connectivity index (χ0n) is 15.4. The van der Waals surface area contributed by atoms with Crippen molar-refractivity contribution >= 4 is 11.5 Å². The number of ether oxygens (including phenoxy) is 2. The van der Waals surface area contributed by atoms with E-state index in [1.807, 2.05) is 0 Å². The molecule has 3 nitrogen and oxygen atoms in total. The van der Waals surface area contributed by atoms with Crippen molar-refractivity contribution in [2.45, 2.75) is 58.5 Å². The summed E-state index contributed by atoms with van der Waals surface area (Å²) in [5.41, 5.74) is 7.29. The molecule has 0 N–H and O–H groups in total. The molecule has 0 aliphatic heterocycles. The average Bonchev–Trinajstić information content (AvgIpc) is 2.99. The molecule has 1 aromatic carbocycles. The molecule has 0 fully saturated rings. The van der Waals surface area contributed by atoms with E-state index < -0.39 is 0 Å². The van der Waals surface area contributed by atoms with Crippen LogP contribution in [0.15, 0.2) is 35.4 Å². The maximum absolute atomic E-state index is 11.6. The molecule has 0 spiro atoms. The summed E-state index contributed by atoms with van der Waals surface area (Å²) >= 11 is 0. The van der Waals surface area contributed by atoms with Gasteiger partial charge in [-0.15, -0.1) is 0 Å². The Hall–Kier alpha value is -2.03. The number of carbonyl (C=O) groups excluding carboxylic acids is 1. The number of fused-ring (bicyclic) bond motifs is 4. The standard InChI is InChI=1S/C22H26O3/c1-4-22-12-11-18-17-8-6-16(24-3)13-15(17)5-7-19(18)20(22)9-10-21(22)25-14(2)23/h6,8-9,13,21H,4-5,7,10-12H2,1-3H3/t21-,22-/m0/s1. The second-order valence-corrected chi connectivity index (χ2v) is 7.44. The highest BCUT2D eigenvalue weighted by Crippen LogP contribution is 2.58. The molecule has 4 rings (SSSR count). The van der Waals surface area contributed by atoms with Crippen molar-refractivity contribution < 1.29 is 14.3 Å². The van der Waals surface area contributed by atoms with E-state index in [9.17, 15) is 4.79 Å². The van der Waals surface area contributed by atoms with Crippen molar-refractivity contribution in [1.82, 2.24) is 0 Å². The predicted octanol–water partition coefficient (Wildman–Crippen LogP) is 4.85. The molecule has 0 saturated carbocycles. The normalized spacial score (nSPS) is 27.2. The Balaban J connectivity index is 1.75. The van der Waals surface area contributed by atoms with Crippen LogP contribution in [-0.2, 0) is 16.0 Å². The van der Waals surface area contributed by atoms with E-state index in [4.69, 9.17) is 9.47 Å². The predicted molar refractivity (Wildman–Crippen MR) is 98.4 cm³/mol. The van der Waals surface area contributed by atoms with Crippen LogP contribution in [0.3, 0.4) is 0 Å².